The number of carbonyl (C=O) groups excluding carboxylic acids is 2. The Morgan fingerprint density at radius 2 is 1.88 bits per heavy atom. The summed E-state index contributed by atoms with van der Waals surface area (Å²) < 4.78 is 12.8. The fourth-order valence-corrected chi connectivity index (χ4v) is 4.52. The van der Waals surface area contributed by atoms with Crippen LogP contribution < -0.4 is 4.74 Å². The highest BCUT2D eigenvalue weighted by molar-refractivity contribution is 6.19. The Bertz CT molecular complexity index is 1700. The van der Waals surface area contributed by atoms with Crippen molar-refractivity contribution in [1.82, 2.24) is 14.7 Å². The van der Waals surface area contributed by atoms with Gasteiger partial charge in [-0.05, 0) is 73.5 Å². The van der Waals surface area contributed by atoms with Crippen LogP contribution in [0.3, 0.4) is 0 Å². The van der Waals surface area contributed by atoms with Gasteiger partial charge in [-0.1, -0.05) is 30.9 Å². The summed E-state index contributed by atoms with van der Waals surface area (Å²) in [5.41, 5.74) is 4.31. The van der Waals surface area contributed by atoms with Crippen molar-refractivity contribution in [2.45, 2.75) is 20.4 Å². The zero-order chi connectivity index (χ0) is 28.2. The molecule has 2 aromatic carbocycles. The van der Waals surface area contributed by atoms with Gasteiger partial charge in [-0.15, -0.1) is 0 Å². The second-order valence-corrected chi connectivity index (χ2v) is 9.24. The van der Waals surface area contributed by atoms with Gasteiger partial charge >= 0.3 is 0 Å². The molecule has 4 aromatic rings. The molecule has 2 aromatic heterocycles. The number of nitriles is 1. The Morgan fingerprint density at radius 3 is 2.55 bits per heavy atom. The maximum atomic E-state index is 13.7. The molecule has 40 heavy (non-hydrogen) atoms. The second kappa shape index (κ2) is 11.1. The molecule has 0 atom stereocenters. The average Bonchev–Trinajstić information content (AvgIpc) is 3.64. The number of aromatic nitrogens is 2. The fourth-order valence-electron chi connectivity index (χ4n) is 4.52. The molecule has 3 heterocycles. The zero-order valence-corrected chi connectivity index (χ0v) is 22.1. The van der Waals surface area contributed by atoms with Crippen molar-refractivity contribution in [2.75, 3.05) is 6.61 Å². The first kappa shape index (κ1) is 26.2. The number of benzene rings is 2. The summed E-state index contributed by atoms with van der Waals surface area (Å²) in [6.07, 6.45) is 6.67. The molecule has 1 aliphatic heterocycles. The topological polar surface area (TPSA) is 101 Å². The van der Waals surface area contributed by atoms with Crippen molar-refractivity contribution in [3.8, 4) is 28.8 Å². The lowest BCUT2D eigenvalue weighted by molar-refractivity contribution is -0.141. The molecular formula is C32H26N4O4. The van der Waals surface area contributed by atoms with Crippen LogP contribution in [-0.4, -0.2) is 33.1 Å². The van der Waals surface area contributed by atoms with E-state index < -0.39 is 11.8 Å². The van der Waals surface area contributed by atoms with Crippen molar-refractivity contribution in [3.05, 3.63) is 119 Å². The van der Waals surface area contributed by atoms with Crippen LogP contribution in [0.4, 0.5) is 0 Å². The number of imide groups is 1. The summed E-state index contributed by atoms with van der Waals surface area (Å²) in [6.45, 7) is 7.57. The minimum atomic E-state index is -0.649. The van der Waals surface area contributed by atoms with Crippen molar-refractivity contribution >= 4 is 17.9 Å². The molecule has 8 nitrogen and oxygen atoms in total. The number of hydrogen-bond acceptors (Lipinski definition) is 6. The number of aryl methyl sites for hydroxylation is 1. The van der Waals surface area contributed by atoms with Gasteiger partial charge in [-0.25, -0.2) is 4.68 Å². The van der Waals surface area contributed by atoms with Crippen molar-refractivity contribution in [1.29, 1.82) is 5.26 Å². The van der Waals surface area contributed by atoms with E-state index in [9.17, 15) is 14.9 Å². The number of hydrogen-bond donors (Lipinski definition) is 0. The molecule has 0 aliphatic carbocycles. The van der Waals surface area contributed by atoms with E-state index in [-0.39, 0.29) is 17.7 Å². The third-order valence-electron chi connectivity index (χ3n) is 6.59. The first-order valence-electron chi connectivity index (χ1n) is 12.6. The predicted octanol–water partition coefficient (Wildman–Crippen LogP) is 5.80. The molecule has 0 N–H and O–H groups in total. The second-order valence-electron chi connectivity index (χ2n) is 9.24. The lowest BCUT2D eigenvalue weighted by atomic mass is 9.93. The number of carbonyl (C=O) groups is 2. The number of amides is 2. The molecule has 5 rings (SSSR count). The molecule has 0 spiro atoms. The van der Waals surface area contributed by atoms with Gasteiger partial charge in [0.1, 0.15) is 29.8 Å². The van der Waals surface area contributed by atoms with Crippen LogP contribution >= 0.6 is 0 Å². The van der Waals surface area contributed by atoms with E-state index in [2.05, 4.69) is 6.58 Å². The van der Waals surface area contributed by atoms with Gasteiger partial charge in [0.2, 0.25) is 0 Å². The molecule has 0 saturated heterocycles. The van der Waals surface area contributed by atoms with Gasteiger partial charge < -0.3 is 9.15 Å². The normalized spacial score (nSPS) is 14.5. The van der Waals surface area contributed by atoms with Crippen LogP contribution in [0.5, 0.6) is 5.75 Å². The number of furan rings is 1. The lowest BCUT2D eigenvalue weighted by Gasteiger charge is -2.26. The third kappa shape index (κ3) is 5.00. The highest BCUT2D eigenvalue weighted by atomic mass is 16.5. The molecule has 2 amide bonds. The standard InChI is InChI=1S/C32H26N4O4/c1-4-14-40-29-13-12-23(16-21(29)2)30-24(19-36(34-30)25-9-6-5-7-10-25)17-27-22(3)28(18-33)32(38)35(31(27)37)20-26-11-8-15-39-26/h4-13,15-17,19H,1,14,20H2,2-3H3/b27-17+. The summed E-state index contributed by atoms with van der Waals surface area (Å²) in [5, 5.41) is 14.7. The molecule has 0 radical (unpaired) electrons. The Labute approximate surface area is 231 Å². The fraction of sp³-hybridized carbons (Fsp3) is 0.125. The van der Waals surface area contributed by atoms with Crippen LogP contribution in [-0.2, 0) is 16.1 Å². The SMILES string of the molecule is C=CCOc1ccc(-c2nn(-c3ccccc3)cc2/C=C2/C(=O)N(Cc3ccco3)C(=O)C(C#N)=C2C)cc1C. The third-order valence-corrected chi connectivity index (χ3v) is 6.59. The smallest absolute Gasteiger partial charge is 0.272 e. The average molecular weight is 531 g/mol. The molecule has 0 fully saturated rings. The van der Waals surface area contributed by atoms with Crippen LogP contribution in [0.15, 0.2) is 107 Å². The van der Waals surface area contributed by atoms with Crippen molar-refractivity contribution in [2.24, 2.45) is 0 Å². The van der Waals surface area contributed by atoms with Crippen LogP contribution in [0, 0.1) is 18.3 Å². The van der Waals surface area contributed by atoms with Crippen molar-refractivity contribution in [3.63, 3.8) is 0 Å². The largest absolute Gasteiger partial charge is 0.489 e. The molecule has 0 unspecified atom stereocenters. The number of ether oxygens (including phenoxy) is 1. The Morgan fingerprint density at radius 1 is 1.07 bits per heavy atom. The van der Waals surface area contributed by atoms with E-state index in [0.29, 0.717) is 29.2 Å². The van der Waals surface area contributed by atoms with Gasteiger partial charge in [-0.3, -0.25) is 14.5 Å². The highest BCUT2D eigenvalue weighted by Crippen LogP contribution is 2.33. The monoisotopic (exact) mass is 530 g/mol. The summed E-state index contributed by atoms with van der Waals surface area (Å²) in [6, 6.07) is 20.7. The number of nitrogens with zero attached hydrogens (tertiary/aromatic N) is 4. The van der Waals surface area contributed by atoms with E-state index in [1.54, 1.807) is 35.9 Å². The summed E-state index contributed by atoms with van der Waals surface area (Å²) in [7, 11) is 0. The quantitative estimate of drug-likeness (QED) is 0.162. The number of rotatable bonds is 8. The first-order valence-corrected chi connectivity index (χ1v) is 12.6. The first-order chi connectivity index (χ1) is 19.4. The Balaban J connectivity index is 1.64. The maximum absolute atomic E-state index is 13.7. The molecule has 198 valence electrons. The van der Waals surface area contributed by atoms with Crippen LogP contribution in [0.2, 0.25) is 0 Å². The highest BCUT2D eigenvalue weighted by Gasteiger charge is 2.36. The molecule has 0 saturated carbocycles. The van der Waals surface area contributed by atoms with Crippen LogP contribution in [0.1, 0.15) is 23.8 Å². The van der Waals surface area contributed by atoms with Gasteiger partial charge in [0.25, 0.3) is 11.8 Å². The van der Waals surface area contributed by atoms with Crippen LogP contribution in [0.25, 0.3) is 23.0 Å². The molecular weight excluding hydrogens is 504 g/mol. The Kier molecular flexibility index (Phi) is 7.29. The van der Waals surface area contributed by atoms with Gasteiger partial charge in [0, 0.05) is 22.9 Å². The summed E-state index contributed by atoms with van der Waals surface area (Å²) >= 11 is 0. The molecule has 8 heteroatoms. The van der Waals surface area contributed by atoms with Gasteiger partial charge in [0.05, 0.1) is 24.2 Å². The van der Waals surface area contributed by atoms with Crippen molar-refractivity contribution < 1.29 is 18.7 Å². The van der Waals surface area contributed by atoms with E-state index in [1.807, 2.05) is 67.7 Å². The minimum Gasteiger partial charge on any atom is -0.489 e. The summed E-state index contributed by atoms with van der Waals surface area (Å²) in [4.78, 5) is 27.7. The zero-order valence-electron chi connectivity index (χ0n) is 22.1. The molecule has 1 aliphatic rings. The van der Waals surface area contributed by atoms with Gasteiger partial charge in [-0.2, -0.15) is 10.4 Å². The Hall–Kier alpha value is -5.42. The molecule has 0 bridgehead atoms. The van der Waals surface area contributed by atoms with E-state index in [1.165, 1.54) is 6.26 Å². The minimum absolute atomic E-state index is 0.0814. The lowest BCUT2D eigenvalue weighted by Crippen LogP contribution is -2.42. The van der Waals surface area contributed by atoms with Gasteiger partial charge in [0.15, 0.2) is 0 Å². The van der Waals surface area contributed by atoms with E-state index in [0.717, 1.165) is 27.5 Å². The number of para-hydroxylation sites is 1. The summed E-state index contributed by atoms with van der Waals surface area (Å²) in [5.74, 6) is 0.00731. The predicted molar refractivity (Wildman–Crippen MR) is 150 cm³/mol. The maximum Gasteiger partial charge on any atom is 0.272 e. The van der Waals surface area contributed by atoms with E-state index in [4.69, 9.17) is 14.3 Å². The van der Waals surface area contributed by atoms with E-state index >= 15 is 0 Å².